The monoisotopic (exact) mass is 438 g/mol. The van der Waals surface area contributed by atoms with E-state index >= 15 is 0 Å². The fraction of sp³-hybridized carbons (Fsp3) is 0.739. The molecule has 1 spiro atoms. The Kier molecular flexibility index (Phi) is 7.25. The van der Waals surface area contributed by atoms with Gasteiger partial charge in [0.2, 0.25) is 0 Å². The number of aliphatic carboxylic acids is 1. The number of hydrogen-bond acceptors (Lipinski definition) is 7. The van der Waals surface area contributed by atoms with Crippen molar-refractivity contribution in [1.82, 2.24) is 0 Å². The standard InChI is InChI=1S/C23H34O8/c1-14(29-20(25)15(2)16(3)24)8-6-5-7-9-17-10-11-23(30-17)12-18-19(31-23)22(4,13-28-18)21(26)27/h5-7,9,14-19,24H,8,10-13H2,1-4H3,(H,26,27)/b6-5-,9-7+/t14-,15+,16-,17+,18+,19-,22+,23+/m0/s1. The molecule has 0 saturated carbocycles. The van der Waals surface area contributed by atoms with E-state index in [0.717, 1.165) is 6.42 Å². The molecule has 3 aliphatic heterocycles. The van der Waals surface area contributed by atoms with Crippen LogP contribution in [0.3, 0.4) is 0 Å². The molecule has 0 aromatic heterocycles. The van der Waals surface area contributed by atoms with Crippen LogP contribution >= 0.6 is 0 Å². The van der Waals surface area contributed by atoms with Crippen molar-refractivity contribution in [3.63, 3.8) is 0 Å². The zero-order valence-corrected chi connectivity index (χ0v) is 18.7. The Bertz CT molecular complexity index is 731. The van der Waals surface area contributed by atoms with E-state index in [1.54, 1.807) is 20.8 Å². The lowest BCUT2D eigenvalue weighted by Gasteiger charge is -2.29. The number of carboxylic acids is 1. The molecule has 3 saturated heterocycles. The number of carbonyl (C=O) groups is 2. The van der Waals surface area contributed by atoms with Gasteiger partial charge in [0, 0.05) is 19.3 Å². The van der Waals surface area contributed by atoms with Gasteiger partial charge < -0.3 is 29.2 Å². The number of aliphatic hydroxyl groups is 1. The molecule has 8 nitrogen and oxygen atoms in total. The molecule has 31 heavy (non-hydrogen) atoms. The molecule has 8 atom stereocenters. The van der Waals surface area contributed by atoms with Gasteiger partial charge in [-0.15, -0.1) is 0 Å². The van der Waals surface area contributed by atoms with Crippen LogP contribution in [0.4, 0.5) is 0 Å². The second-order valence-corrected chi connectivity index (χ2v) is 9.25. The average Bonchev–Trinajstić information content (AvgIpc) is 3.36. The third-order valence-electron chi connectivity index (χ3n) is 6.53. The summed E-state index contributed by atoms with van der Waals surface area (Å²) in [5.41, 5.74) is -1.04. The van der Waals surface area contributed by atoms with Crippen LogP contribution in [0, 0.1) is 11.3 Å². The normalized spacial score (nSPS) is 38.0. The maximum absolute atomic E-state index is 11.8. The van der Waals surface area contributed by atoms with Crippen molar-refractivity contribution in [2.75, 3.05) is 6.61 Å². The lowest BCUT2D eigenvalue weighted by atomic mass is 9.85. The Labute approximate surface area is 183 Å². The number of aliphatic hydroxyl groups excluding tert-OH is 1. The predicted molar refractivity (Wildman–Crippen MR) is 111 cm³/mol. The summed E-state index contributed by atoms with van der Waals surface area (Å²) in [6.07, 6.45) is 8.38. The molecule has 0 aliphatic carbocycles. The summed E-state index contributed by atoms with van der Waals surface area (Å²) in [7, 11) is 0. The molecular weight excluding hydrogens is 404 g/mol. The largest absolute Gasteiger partial charge is 0.481 e. The van der Waals surface area contributed by atoms with Crippen LogP contribution in [0.1, 0.15) is 53.4 Å². The second-order valence-electron chi connectivity index (χ2n) is 9.25. The van der Waals surface area contributed by atoms with E-state index in [1.807, 2.05) is 31.2 Å². The summed E-state index contributed by atoms with van der Waals surface area (Å²) in [5.74, 6) is -2.62. The molecule has 3 rings (SSSR count). The third-order valence-corrected chi connectivity index (χ3v) is 6.53. The van der Waals surface area contributed by atoms with Gasteiger partial charge in [0.15, 0.2) is 5.79 Å². The zero-order valence-electron chi connectivity index (χ0n) is 18.7. The van der Waals surface area contributed by atoms with Crippen LogP contribution in [0.25, 0.3) is 0 Å². The second kappa shape index (κ2) is 9.40. The topological polar surface area (TPSA) is 112 Å². The number of allylic oxidation sites excluding steroid dienone is 2. The highest BCUT2D eigenvalue weighted by atomic mass is 16.7. The number of carboxylic acid groups (broad SMARTS) is 1. The van der Waals surface area contributed by atoms with E-state index in [1.165, 1.54) is 0 Å². The quantitative estimate of drug-likeness (QED) is 0.439. The number of carbonyl (C=O) groups excluding carboxylic acids is 1. The SMILES string of the molecule is C[C@H](O)[C@@H](C)C(=O)O[C@@H](C)C/C=C\C=C\[C@@H]1CC[C@@]2(C[C@H]3OC[C@@](C)(C(=O)O)[C@H]3O2)O1. The number of hydrogen-bond donors (Lipinski definition) is 2. The minimum atomic E-state index is -1.04. The predicted octanol–water partition coefficient (Wildman–Crippen LogP) is 2.59. The van der Waals surface area contributed by atoms with Crippen molar-refractivity contribution in [1.29, 1.82) is 0 Å². The first-order valence-electron chi connectivity index (χ1n) is 11.0. The van der Waals surface area contributed by atoms with E-state index in [4.69, 9.17) is 18.9 Å². The Balaban J connectivity index is 1.44. The van der Waals surface area contributed by atoms with Crippen molar-refractivity contribution in [2.24, 2.45) is 11.3 Å². The maximum Gasteiger partial charge on any atom is 0.314 e. The summed E-state index contributed by atoms with van der Waals surface area (Å²) in [6.45, 7) is 6.85. The summed E-state index contributed by atoms with van der Waals surface area (Å²) >= 11 is 0. The smallest absolute Gasteiger partial charge is 0.314 e. The van der Waals surface area contributed by atoms with Crippen LogP contribution in [-0.4, -0.2) is 65.1 Å². The van der Waals surface area contributed by atoms with E-state index < -0.39 is 41.3 Å². The summed E-state index contributed by atoms with van der Waals surface area (Å²) in [6, 6.07) is 0. The Morgan fingerprint density at radius 3 is 2.65 bits per heavy atom. The first-order chi connectivity index (χ1) is 14.6. The number of fused-ring (bicyclic) bond motifs is 1. The third kappa shape index (κ3) is 5.19. The fourth-order valence-corrected chi connectivity index (χ4v) is 4.22. The van der Waals surface area contributed by atoms with Crippen LogP contribution in [-0.2, 0) is 28.5 Å². The molecule has 3 fully saturated rings. The average molecular weight is 439 g/mol. The van der Waals surface area contributed by atoms with Crippen LogP contribution in [0.15, 0.2) is 24.3 Å². The number of ether oxygens (including phenoxy) is 4. The van der Waals surface area contributed by atoms with Gasteiger partial charge in [0.05, 0.1) is 30.8 Å². The van der Waals surface area contributed by atoms with Gasteiger partial charge in [0.1, 0.15) is 17.6 Å². The van der Waals surface area contributed by atoms with Crippen molar-refractivity contribution >= 4 is 11.9 Å². The minimum Gasteiger partial charge on any atom is -0.481 e. The number of rotatable bonds is 8. The molecule has 0 bridgehead atoms. The lowest BCUT2D eigenvalue weighted by Crippen LogP contribution is -2.42. The summed E-state index contributed by atoms with van der Waals surface area (Å²) in [5, 5.41) is 19.0. The molecule has 0 aromatic rings. The van der Waals surface area contributed by atoms with Crippen molar-refractivity contribution in [2.45, 2.75) is 89.7 Å². The van der Waals surface area contributed by atoms with Crippen molar-refractivity contribution in [3.8, 4) is 0 Å². The summed E-state index contributed by atoms with van der Waals surface area (Å²) in [4.78, 5) is 23.5. The Morgan fingerprint density at radius 2 is 1.97 bits per heavy atom. The molecule has 2 N–H and O–H groups in total. The molecule has 0 amide bonds. The molecule has 3 heterocycles. The maximum atomic E-state index is 11.8. The van der Waals surface area contributed by atoms with Gasteiger partial charge >= 0.3 is 11.9 Å². The van der Waals surface area contributed by atoms with Gasteiger partial charge in [-0.2, -0.15) is 0 Å². The molecule has 8 heteroatoms. The van der Waals surface area contributed by atoms with Gasteiger partial charge in [0.25, 0.3) is 0 Å². The van der Waals surface area contributed by atoms with Crippen molar-refractivity contribution in [3.05, 3.63) is 24.3 Å². The fourth-order valence-electron chi connectivity index (χ4n) is 4.22. The van der Waals surface area contributed by atoms with Crippen LogP contribution < -0.4 is 0 Å². The van der Waals surface area contributed by atoms with E-state index in [-0.39, 0.29) is 24.9 Å². The molecular formula is C23H34O8. The molecule has 3 aliphatic rings. The molecule has 0 radical (unpaired) electrons. The first-order valence-corrected chi connectivity index (χ1v) is 11.0. The molecule has 0 unspecified atom stereocenters. The molecule has 174 valence electrons. The van der Waals surface area contributed by atoms with Crippen molar-refractivity contribution < 1.29 is 38.7 Å². The van der Waals surface area contributed by atoms with Crippen LogP contribution in [0.2, 0.25) is 0 Å². The zero-order chi connectivity index (χ0) is 22.8. The van der Waals surface area contributed by atoms with Gasteiger partial charge in [-0.05, 0) is 34.1 Å². The van der Waals surface area contributed by atoms with Gasteiger partial charge in [-0.1, -0.05) is 24.3 Å². The Morgan fingerprint density at radius 1 is 1.23 bits per heavy atom. The Hall–Kier alpha value is -1.74. The highest BCUT2D eigenvalue weighted by Gasteiger charge is 2.63. The summed E-state index contributed by atoms with van der Waals surface area (Å²) < 4.78 is 23.3. The van der Waals surface area contributed by atoms with Gasteiger partial charge in [-0.25, -0.2) is 0 Å². The minimum absolute atomic E-state index is 0.110. The van der Waals surface area contributed by atoms with Crippen LogP contribution in [0.5, 0.6) is 0 Å². The highest BCUT2D eigenvalue weighted by molar-refractivity contribution is 5.76. The number of esters is 1. The first kappa shape index (κ1) is 23.9. The van der Waals surface area contributed by atoms with Gasteiger partial charge in [-0.3, -0.25) is 9.59 Å². The molecule has 0 aromatic carbocycles. The van der Waals surface area contributed by atoms with E-state index in [9.17, 15) is 19.8 Å². The van der Waals surface area contributed by atoms with E-state index in [2.05, 4.69) is 0 Å². The van der Waals surface area contributed by atoms with E-state index in [0.29, 0.717) is 19.3 Å². The lowest BCUT2D eigenvalue weighted by molar-refractivity contribution is -0.225. The highest BCUT2D eigenvalue weighted by Crippen LogP contribution is 2.51.